The van der Waals surface area contributed by atoms with E-state index < -0.39 is 0 Å². The van der Waals surface area contributed by atoms with E-state index in [2.05, 4.69) is 5.32 Å². The van der Waals surface area contributed by atoms with Gasteiger partial charge in [0.15, 0.2) is 11.5 Å². The Morgan fingerprint density at radius 2 is 1.96 bits per heavy atom. The first-order valence-corrected chi connectivity index (χ1v) is 8.30. The van der Waals surface area contributed by atoms with E-state index in [4.69, 9.17) is 32.7 Å². The van der Waals surface area contributed by atoms with Gasteiger partial charge in [-0.2, -0.15) is 0 Å². The van der Waals surface area contributed by atoms with Crippen molar-refractivity contribution in [2.75, 3.05) is 19.0 Å². The minimum Gasteiger partial charge on any atom is -0.493 e. The van der Waals surface area contributed by atoms with Gasteiger partial charge in [-0.3, -0.25) is 4.79 Å². The molecule has 0 aliphatic rings. The number of carbonyl (C=O) groups excluding carboxylic acids is 1. The van der Waals surface area contributed by atoms with E-state index in [1.165, 1.54) is 7.11 Å². The maximum Gasteiger partial charge on any atom is 0.255 e. The Kier molecular flexibility index (Phi) is 6.35. The van der Waals surface area contributed by atoms with E-state index in [0.29, 0.717) is 39.4 Å². The number of aryl methyl sites for hydroxylation is 1. The summed E-state index contributed by atoms with van der Waals surface area (Å²) < 4.78 is 10.9. The molecule has 0 aliphatic carbocycles. The topological polar surface area (TPSA) is 47.6 Å². The molecular weight excluding hydrogens is 349 g/mol. The molecule has 0 spiro atoms. The minimum atomic E-state index is -0.326. The third-order valence-corrected chi connectivity index (χ3v) is 4.00. The van der Waals surface area contributed by atoms with Gasteiger partial charge in [-0.1, -0.05) is 42.3 Å². The van der Waals surface area contributed by atoms with Crippen molar-refractivity contribution in [2.45, 2.75) is 20.3 Å². The van der Waals surface area contributed by atoms with Crippen LogP contribution in [0.2, 0.25) is 10.0 Å². The Labute approximate surface area is 151 Å². The number of hydrogen-bond donors (Lipinski definition) is 1. The molecule has 1 N–H and O–H groups in total. The Bertz CT molecular complexity index is 727. The van der Waals surface area contributed by atoms with Crippen molar-refractivity contribution in [2.24, 2.45) is 0 Å². The first kappa shape index (κ1) is 18.4. The van der Waals surface area contributed by atoms with Crippen LogP contribution in [0, 0.1) is 6.92 Å². The van der Waals surface area contributed by atoms with Gasteiger partial charge in [0.25, 0.3) is 5.91 Å². The van der Waals surface area contributed by atoms with Gasteiger partial charge in [-0.05, 0) is 37.1 Å². The quantitative estimate of drug-likeness (QED) is 0.748. The molecule has 0 heterocycles. The van der Waals surface area contributed by atoms with Crippen LogP contribution in [0.4, 0.5) is 5.69 Å². The highest BCUT2D eigenvalue weighted by atomic mass is 35.5. The van der Waals surface area contributed by atoms with Crippen LogP contribution >= 0.6 is 23.2 Å². The van der Waals surface area contributed by atoms with E-state index in [1.54, 1.807) is 18.2 Å². The predicted octanol–water partition coefficient (Wildman–Crippen LogP) is 5.35. The molecular formula is C18H19Cl2NO3. The normalized spacial score (nSPS) is 10.4. The lowest BCUT2D eigenvalue weighted by atomic mass is 10.1. The van der Waals surface area contributed by atoms with Gasteiger partial charge in [0.05, 0.1) is 29.4 Å². The molecule has 4 nitrogen and oxygen atoms in total. The van der Waals surface area contributed by atoms with Gasteiger partial charge >= 0.3 is 0 Å². The number of rotatable bonds is 6. The van der Waals surface area contributed by atoms with Crippen LogP contribution in [-0.4, -0.2) is 19.6 Å². The van der Waals surface area contributed by atoms with Gasteiger partial charge in [0.2, 0.25) is 0 Å². The zero-order chi connectivity index (χ0) is 17.7. The summed E-state index contributed by atoms with van der Waals surface area (Å²) in [5.41, 5.74) is 1.81. The lowest BCUT2D eigenvalue weighted by Crippen LogP contribution is -2.13. The number of halogens is 2. The Morgan fingerprint density at radius 1 is 1.21 bits per heavy atom. The van der Waals surface area contributed by atoms with Crippen LogP contribution < -0.4 is 14.8 Å². The molecule has 2 aromatic rings. The lowest BCUT2D eigenvalue weighted by Gasteiger charge is -2.14. The van der Waals surface area contributed by atoms with Crippen LogP contribution in [0.25, 0.3) is 0 Å². The average molecular weight is 368 g/mol. The molecule has 0 fully saturated rings. The standard InChI is InChI=1S/C18H19Cl2NO3/c1-4-8-24-17-14(20)9-12(10-15(17)23-3)18(22)21-16-11(2)6-5-7-13(16)19/h5-7,9-10H,4,8H2,1-3H3,(H,21,22). The molecule has 0 saturated heterocycles. The number of nitrogens with one attached hydrogen (secondary N) is 1. The fourth-order valence-electron chi connectivity index (χ4n) is 2.17. The Balaban J connectivity index is 2.31. The van der Waals surface area contributed by atoms with E-state index in [0.717, 1.165) is 12.0 Å². The van der Waals surface area contributed by atoms with Gasteiger partial charge in [0.1, 0.15) is 0 Å². The third-order valence-electron chi connectivity index (χ3n) is 3.40. The molecule has 1 amide bonds. The molecule has 0 atom stereocenters. The second kappa shape index (κ2) is 8.27. The number of carbonyl (C=O) groups is 1. The maximum atomic E-state index is 12.5. The van der Waals surface area contributed by atoms with E-state index in [1.807, 2.05) is 26.0 Å². The number of ether oxygens (including phenoxy) is 2. The van der Waals surface area contributed by atoms with Crippen molar-refractivity contribution in [1.29, 1.82) is 0 Å². The second-order valence-corrected chi connectivity index (χ2v) is 6.04. The maximum absolute atomic E-state index is 12.5. The van der Waals surface area contributed by atoms with Crippen molar-refractivity contribution in [3.63, 3.8) is 0 Å². The summed E-state index contributed by atoms with van der Waals surface area (Å²) in [6.07, 6.45) is 0.841. The van der Waals surface area contributed by atoms with Crippen molar-refractivity contribution in [3.8, 4) is 11.5 Å². The molecule has 2 aromatic carbocycles. The molecule has 0 aliphatic heterocycles. The first-order chi connectivity index (χ1) is 11.5. The van der Waals surface area contributed by atoms with Gasteiger partial charge in [0, 0.05) is 5.56 Å². The van der Waals surface area contributed by atoms with Crippen LogP contribution in [0.3, 0.4) is 0 Å². The third kappa shape index (κ3) is 4.13. The van der Waals surface area contributed by atoms with Crippen molar-refractivity contribution in [1.82, 2.24) is 0 Å². The Morgan fingerprint density at radius 3 is 2.58 bits per heavy atom. The van der Waals surface area contributed by atoms with Crippen molar-refractivity contribution in [3.05, 3.63) is 51.5 Å². The zero-order valence-corrected chi connectivity index (χ0v) is 15.3. The SMILES string of the molecule is CCCOc1c(Cl)cc(C(=O)Nc2c(C)cccc2Cl)cc1OC. The zero-order valence-electron chi connectivity index (χ0n) is 13.8. The summed E-state index contributed by atoms with van der Waals surface area (Å²) in [5, 5.41) is 3.61. The fourth-order valence-corrected chi connectivity index (χ4v) is 2.71. The smallest absolute Gasteiger partial charge is 0.255 e. The van der Waals surface area contributed by atoms with E-state index in [9.17, 15) is 4.79 Å². The highest BCUT2D eigenvalue weighted by Crippen LogP contribution is 2.37. The Hall–Kier alpha value is -1.91. The predicted molar refractivity (Wildman–Crippen MR) is 97.9 cm³/mol. The van der Waals surface area contributed by atoms with Crippen molar-refractivity contribution >= 4 is 34.8 Å². The van der Waals surface area contributed by atoms with E-state index >= 15 is 0 Å². The number of hydrogen-bond acceptors (Lipinski definition) is 3. The molecule has 0 aromatic heterocycles. The summed E-state index contributed by atoms with van der Waals surface area (Å²) in [6.45, 7) is 4.38. The lowest BCUT2D eigenvalue weighted by molar-refractivity contribution is 0.102. The molecule has 2 rings (SSSR count). The van der Waals surface area contributed by atoms with Crippen LogP contribution in [0.5, 0.6) is 11.5 Å². The summed E-state index contributed by atoms with van der Waals surface area (Å²) in [7, 11) is 1.50. The highest BCUT2D eigenvalue weighted by molar-refractivity contribution is 6.34. The largest absolute Gasteiger partial charge is 0.493 e. The second-order valence-electron chi connectivity index (χ2n) is 5.22. The number of amides is 1. The molecule has 128 valence electrons. The summed E-state index contributed by atoms with van der Waals surface area (Å²) in [5.74, 6) is 0.525. The summed E-state index contributed by atoms with van der Waals surface area (Å²) in [6, 6.07) is 8.57. The van der Waals surface area contributed by atoms with E-state index in [-0.39, 0.29) is 5.91 Å². The monoisotopic (exact) mass is 367 g/mol. The number of methoxy groups -OCH3 is 1. The first-order valence-electron chi connectivity index (χ1n) is 7.54. The molecule has 24 heavy (non-hydrogen) atoms. The fraction of sp³-hybridized carbons (Fsp3) is 0.278. The van der Waals surface area contributed by atoms with Gasteiger partial charge in [-0.15, -0.1) is 0 Å². The van der Waals surface area contributed by atoms with Crippen LogP contribution in [0.1, 0.15) is 29.3 Å². The summed E-state index contributed by atoms with van der Waals surface area (Å²) in [4.78, 5) is 12.5. The van der Waals surface area contributed by atoms with Gasteiger partial charge < -0.3 is 14.8 Å². The number of anilines is 1. The molecule has 6 heteroatoms. The number of para-hydroxylation sites is 1. The summed E-state index contributed by atoms with van der Waals surface area (Å²) >= 11 is 12.4. The molecule has 0 unspecified atom stereocenters. The average Bonchev–Trinajstić information content (AvgIpc) is 2.56. The van der Waals surface area contributed by atoms with Crippen LogP contribution in [-0.2, 0) is 0 Å². The van der Waals surface area contributed by atoms with Crippen molar-refractivity contribution < 1.29 is 14.3 Å². The molecule has 0 saturated carbocycles. The van der Waals surface area contributed by atoms with Gasteiger partial charge in [-0.25, -0.2) is 0 Å². The molecule has 0 bridgehead atoms. The van der Waals surface area contributed by atoms with Crippen LogP contribution in [0.15, 0.2) is 30.3 Å². The number of benzene rings is 2. The minimum absolute atomic E-state index is 0.323. The highest BCUT2D eigenvalue weighted by Gasteiger charge is 2.17. The molecule has 0 radical (unpaired) electrons.